The van der Waals surface area contributed by atoms with Gasteiger partial charge in [0.25, 0.3) is 12.1 Å². The lowest BCUT2D eigenvalue weighted by Gasteiger charge is -2.17. The molecular weight excluding hydrogens is 428 g/mol. The fraction of sp³-hybridized carbons (Fsp3) is 0.318. The summed E-state index contributed by atoms with van der Waals surface area (Å²) in [5, 5.41) is 4.37. The largest absolute Gasteiger partial charge is 0.485 e. The molecule has 0 saturated heterocycles. The summed E-state index contributed by atoms with van der Waals surface area (Å²) in [4.78, 5) is 25.5. The topological polar surface area (TPSA) is 72.6 Å². The predicted molar refractivity (Wildman–Crippen MR) is 116 cm³/mol. The third kappa shape index (κ3) is 7.31. The SMILES string of the molecule is CCN(CC)CCOc1ccc(NC(=O)C#Cc2ccc(C(F)F)cc2Cl)cc1[NH+]=O. The van der Waals surface area contributed by atoms with Crippen LogP contribution in [0.4, 0.5) is 20.2 Å². The van der Waals surface area contributed by atoms with Gasteiger partial charge in [-0.1, -0.05) is 37.4 Å². The average molecular weight is 451 g/mol. The van der Waals surface area contributed by atoms with Crippen molar-refractivity contribution in [1.29, 1.82) is 0 Å². The first-order valence-corrected chi connectivity index (χ1v) is 10.0. The minimum atomic E-state index is -2.64. The highest BCUT2D eigenvalue weighted by Crippen LogP contribution is 2.25. The smallest absolute Gasteiger partial charge is 0.300 e. The summed E-state index contributed by atoms with van der Waals surface area (Å²) in [6.45, 7) is 7.06. The zero-order valence-electron chi connectivity index (χ0n) is 17.2. The number of amides is 1. The number of rotatable bonds is 9. The van der Waals surface area contributed by atoms with Crippen molar-refractivity contribution < 1.29 is 23.5 Å². The van der Waals surface area contributed by atoms with Crippen molar-refractivity contribution in [3.63, 3.8) is 0 Å². The molecule has 164 valence electrons. The molecular formula is C22H23ClF2N3O3+. The monoisotopic (exact) mass is 450 g/mol. The summed E-state index contributed by atoms with van der Waals surface area (Å²) >= 11 is 5.93. The zero-order chi connectivity index (χ0) is 22.8. The maximum absolute atomic E-state index is 12.7. The van der Waals surface area contributed by atoms with Crippen molar-refractivity contribution in [3.8, 4) is 17.6 Å². The number of likely N-dealkylation sites (N-methyl/N-ethyl adjacent to an activating group) is 1. The van der Waals surface area contributed by atoms with E-state index in [-0.39, 0.29) is 21.8 Å². The molecule has 31 heavy (non-hydrogen) atoms. The van der Waals surface area contributed by atoms with Crippen LogP contribution in [0.1, 0.15) is 31.4 Å². The van der Waals surface area contributed by atoms with Gasteiger partial charge in [0.15, 0.2) is 5.75 Å². The third-order valence-corrected chi connectivity index (χ3v) is 4.78. The van der Waals surface area contributed by atoms with Gasteiger partial charge in [0.2, 0.25) is 0 Å². The average Bonchev–Trinajstić information content (AvgIpc) is 2.76. The molecule has 2 rings (SSSR count). The molecule has 0 radical (unpaired) electrons. The molecule has 0 aliphatic heterocycles. The van der Waals surface area contributed by atoms with E-state index in [2.05, 4.69) is 35.9 Å². The van der Waals surface area contributed by atoms with Gasteiger partial charge in [0.05, 0.1) is 5.02 Å². The number of benzene rings is 2. The number of carbonyl (C=O) groups is 1. The Bertz CT molecular complexity index is 986. The third-order valence-electron chi connectivity index (χ3n) is 4.46. The van der Waals surface area contributed by atoms with Gasteiger partial charge in [-0.3, -0.25) is 4.79 Å². The minimum Gasteiger partial charge on any atom is -0.485 e. The number of nitrogens with zero attached hydrogens (tertiary/aromatic N) is 1. The van der Waals surface area contributed by atoms with Gasteiger partial charge >= 0.3 is 5.91 Å². The summed E-state index contributed by atoms with van der Waals surface area (Å²) < 4.78 is 31.0. The van der Waals surface area contributed by atoms with Gasteiger partial charge < -0.3 is 15.0 Å². The van der Waals surface area contributed by atoms with Crippen molar-refractivity contribution in [2.24, 2.45) is 0 Å². The quantitative estimate of drug-likeness (QED) is 0.574. The van der Waals surface area contributed by atoms with E-state index >= 15 is 0 Å². The summed E-state index contributed by atoms with van der Waals surface area (Å²) in [6.07, 6.45) is -2.64. The van der Waals surface area contributed by atoms with Gasteiger partial charge in [-0.05, 0) is 37.4 Å². The second-order valence-electron chi connectivity index (χ2n) is 6.43. The van der Waals surface area contributed by atoms with E-state index in [0.29, 0.717) is 18.0 Å². The van der Waals surface area contributed by atoms with Crippen LogP contribution < -0.4 is 15.2 Å². The molecule has 0 spiro atoms. The molecule has 0 heterocycles. The van der Waals surface area contributed by atoms with E-state index in [1.807, 2.05) is 0 Å². The van der Waals surface area contributed by atoms with Gasteiger partial charge in [-0.25, -0.2) is 8.78 Å². The molecule has 1 amide bonds. The van der Waals surface area contributed by atoms with Crippen LogP contribution in [0.5, 0.6) is 5.75 Å². The maximum Gasteiger partial charge on any atom is 0.300 e. The maximum atomic E-state index is 12.7. The minimum absolute atomic E-state index is 0.0298. The Kier molecular flexibility index (Phi) is 9.38. The molecule has 0 saturated carbocycles. The number of alkyl halides is 2. The van der Waals surface area contributed by atoms with Crippen molar-refractivity contribution in [3.05, 3.63) is 57.5 Å². The Morgan fingerprint density at radius 1 is 1.23 bits per heavy atom. The number of ether oxygens (including phenoxy) is 1. The molecule has 0 aliphatic carbocycles. The zero-order valence-corrected chi connectivity index (χ0v) is 17.9. The molecule has 2 aromatic rings. The van der Waals surface area contributed by atoms with E-state index in [0.717, 1.165) is 25.7 Å². The van der Waals surface area contributed by atoms with Crippen LogP contribution in [0.25, 0.3) is 0 Å². The van der Waals surface area contributed by atoms with Crippen LogP contribution in [0, 0.1) is 16.7 Å². The summed E-state index contributed by atoms with van der Waals surface area (Å²) in [6, 6.07) is 8.23. The lowest BCUT2D eigenvalue weighted by atomic mass is 10.1. The van der Waals surface area contributed by atoms with E-state index in [9.17, 15) is 18.5 Å². The van der Waals surface area contributed by atoms with Crippen LogP contribution in [-0.4, -0.2) is 37.0 Å². The fourth-order valence-corrected chi connectivity index (χ4v) is 2.93. The fourth-order valence-electron chi connectivity index (χ4n) is 2.69. The first-order valence-electron chi connectivity index (χ1n) is 9.65. The summed E-state index contributed by atoms with van der Waals surface area (Å²) in [7, 11) is 0. The molecule has 0 aliphatic rings. The lowest BCUT2D eigenvalue weighted by Crippen LogP contribution is -2.56. The highest BCUT2D eigenvalue weighted by molar-refractivity contribution is 6.31. The Labute approximate surface area is 184 Å². The van der Waals surface area contributed by atoms with Crippen LogP contribution in [0.2, 0.25) is 5.02 Å². The predicted octanol–water partition coefficient (Wildman–Crippen LogP) is 3.47. The molecule has 2 aromatic carbocycles. The van der Waals surface area contributed by atoms with Gasteiger partial charge in [0, 0.05) is 45.4 Å². The Hall–Kier alpha value is -3.02. The molecule has 2 N–H and O–H groups in total. The van der Waals surface area contributed by atoms with Gasteiger partial charge in [-0.15, -0.1) is 0 Å². The second-order valence-corrected chi connectivity index (χ2v) is 6.84. The van der Waals surface area contributed by atoms with Crippen LogP contribution >= 0.6 is 11.6 Å². The number of hydrogen-bond acceptors (Lipinski definition) is 4. The first kappa shape index (κ1) is 24.3. The highest BCUT2D eigenvalue weighted by atomic mass is 35.5. The van der Waals surface area contributed by atoms with Crippen molar-refractivity contribution in [2.75, 3.05) is 31.6 Å². The molecule has 0 fully saturated rings. The Morgan fingerprint density at radius 2 is 1.97 bits per heavy atom. The molecule has 0 atom stereocenters. The highest BCUT2D eigenvalue weighted by Gasteiger charge is 2.13. The molecule has 0 aromatic heterocycles. The Morgan fingerprint density at radius 3 is 2.58 bits per heavy atom. The number of anilines is 1. The number of nitroso groups, excluding NO2 is 1. The van der Waals surface area contributed by atoms with E-state index in [4.69, 9.17) is 16.3 Å². The summed E-state index contributed by atoms with van der Waals surface area (Å²) in [5.41, 5.74) is 0.543. The van der Waals surface area contributed by atoms with Crippen molar-refractivity contribution >= 4 is 28.9 Å². The number of hydrogen-bond donors (Lipinski definition) is 2. The lowest BCUT2D eigenvalue weighted by molar-refractivity contribution is -0.380. The van der Waals surface area contributed by atoms with Crippen molar-refractivity contribution in [2.45, 2.75) is 20.3 Å². The standard InChI is InChI=1S/C22H22ClF2N3O3/c1-3-28(4-2)11-12-31-20-9-8-17(14-19(20)27-30)26-21(29)10-7-15-5-6-16(22(24)25)13-18(15)23/h5-6,8-9,13-14,22H,3-4,11-12H2,1-2H3,(H,26,29)/p+1. The normalized spacial score (nSPS) is 10.5. The number of halogens is 3. The van der Waals surface area contributed by atoms with Crippen LogP contribution in [-0.2, 0) is 4.79 Å². The van der Waals surface area contributed by atoms with Gasteiger partial charge in [0.1, 0.15) is 6.61 Å². The molecule has 0 bridgehead atoms. The second kappa shape index (κ2) is 12.0. The van der Waals surface area contributed by atoms with Gasteiger partial charge in [-0.2, -0.15) is 0 Å². The molecule has 6 nitrogen and oxygen atoms in total. The number of nitrogens with one attached hydrogen (secondary N) is 2. The summed E-state index contributed by atoms with van der Waals surface area (Å²) in [5.74, 6) is 4.60. The van der Waals surface area contributed by atoms with Crippen LogP contribution in [0.3, 0.4) is 0 Å². The Balaban J connectivity index is 2.02. The van der Waals surface area contributed by atoms with Crippen molar-refractivity contribution in [1.82, 2.24) is 4.90 Å². The number of carbonyl (C=O) groups excluding carboxylic acids is 1. The molecule has 9 heteroatoms. The molecule has 0 unspecified atom stereocenters. The van der Waals surface area contributed by atoms with E-state index < -0.39 is 12.3 Å². The first-order chi connectivity index (χ1) is 14.9. The van der Waals surface area contributed by atoms with Crippen LogP contribution in [0.15, 0.2) is 36.4 Å². The van der Waals surface area contributed by atoms with E-state index in [1.165, 1.54) is 18.2 Å². The van der Waals surface area contributed by atoms with E-state index in [1.54, 1.807) is 17.3 Å².